The molecule has 0 amide bonds. The number of methoxy groups -OCH3 is 1. The van der Waals surface area contributed by atoms with Crippen molar-refractivity contribution in [2.24, 2.45) is 0 Å². The second kappa shape index (κ2) is 5.97. The van der Waals surface area contributed by atoms with Crippen LogP contribution in [0, 0.1) is 0 Å². The van der Waals surface area contributed by atoms with Gasteiger partial charge in [0.05, 0.1) is 17.5 Å². The summed E-state index contributed by atoms with van der Waals surface area (Å²) in [6, 6.07) is 4.44. The molecule has 0 aliphatic carbocycles. The van der Waals surface area contributed by atoms with Crippen LogP contribution in [-0.4, -0.2) is 33.9 Å². The third-order valence-electron chi connectivity index (χ3n) is 2.40. The Morgan fingerprint density at radius 1 is 1.39 bits per heavy atom. The lowest BCUT2D eigenvalue weighted by Gasteiger charge is -2.15. The maximum Gasteiger partial charge on any atom is 0.337 e. The number of ether oxygens (including phenoxy) is 1. The molecule has 2 unspecified atom stereocenters. The Morgan fingerprint density at radius 2 is 2.00 bits per heavy atom. The summed E-state index contributed by atoms with van der Waals surface area (Å²) in [6.45, 7) is 1.65. The lowest BCUT2D eigenvalue weighted by atomic mass is 10.0. The Bertz CT molecular complexity index is 470. The summed E-state index contributed by atoms with van der Waals surface area (Å²) in [7, 11) is 1.32. The van der Waals surface area contributed by atoms with E-state index in [9.17, 15) is 14.7 Å². The Hall–Kier alpha value is -1.40. The number of aliphatic carboxylic acids is 1. The highest BCUT2D eigenvalue weighted by Gasteiger charge is 2.25. The second-order valence-corrected chi connectivity index (χ2v) is 5.02. The van der Waals surface area contributed by atoms with Crippen LogP contribution in [-0.2, 0) is 4.79 Å². The van der Waals surface area contributed by atoms with Gasteiger partial charge in [0.25, 0.3) is 0 Å². The number of halogens is 1. The number of ketones is 1. The number of carbonyl (C=O) groups is 2. The number of carbonyl (C=O) groups excluding carboxylic acids is 1. The largest absolute Gasteiger partial charge is 0.496 e. The lowest BCUT2D eigenvalue weighted by molar-refractivity contribution is -0.147. The number of aliphatic hydroxyl groups is 1. The molecule has 0 saturated carbocycles. The zero-order chi connectivity index (χ0) is 13.9. The molecule has 0 saturated heterocycles. The number of benzene rings is 1. The van der Waals surface area contributed by atoms with Crippen LogP contribution in [0.1, 0.15) is 28.9 Å². The van der Waals surface area contributed by atoms with Gasteiger partial charge in [0.1, 0.15) is 5.75 Å². The SMILES string of the molecule is COc1c(C(=O)C(C)Br)cccc1C(O)C(=O)O. The van der Waals surface area contributed by atoms with Gasteiger partial charge >= 0.3 is 5.97 Å². The van der Waals surface area contributed by atoms with Gasteiger partial charge in [-0.2, -0.15) is 0 Å². The summed E-state index contributed by atoms with van der Waals surface area (Å²) < 4.78 is 5.05. The molecule has 98 valence electrons. The maximum atomic E-state index is 11.9. The van der Waals surface area contributed by atoms with Crippen molar-refractivity contribution < 1.29 is 24.5 Å². The van der Waals surface area contributed by atoms with Crippen LogP contribution < -0.4 is 4.74 Å². The molecule has 0 spiro atoms. The molecule has 0 fully saturated rings. The molecular weight excluding hydrogens is 304 g/mol. The predicted molar refractivity (Wildman–Crippen MR) is 68.3 cm³/mol. The molecule has 0 aliphatic heterocycles. The number of para-hydroxylation sites is 1. The molecule has 0 bridgehead atoms. The van der Waals surface area contributed by atoms with Crippen LogP contribution in [0.25, 0.3) is 0 Å². The maximum absolute atomic E-state index is 11.9. The first kappa shape index (κ1) is 14.7. The van der Waals surface area contributed by atoms with Crippen molar-refractivity contribution in [2.45, 2.75) is 17.9 Å². The molecule has 2 N–H and O–H groups in total. The van der Waals surface area contributed by atoms with E-state index in [0.29, 0.717) is 0 Å². The molecule has 1 aromatic carbocycles. The van der Waals surface area contributed by atoms with Crippen LogP contribution in [0.15, 0.2) is 18.2 Å². The van der Waals surface area contributed by atoms with E-state index >= 15 is 0 Å². The fourth-order valence-electron chi connectivity index (χ4n) is 1.54. The fraction of sp³-hybridized carbons (Fsp3) is 0.333. The first-order chi connectivity index (χ1) is 8.40. The normalized spacial score (nSPS) is 13.8. The Kier molecular flexibility index (Phi) is 4.86. The van der Waals surface area contributed by atoms with Crippen LogP contribution in [0.2, 0.25) is 0 Å². The molecule has 18 heavy (non-hydrogen) atoms. The first-order valence-electron chi connectivity index (χ1n) is 5.16. The number of aliphatic hydroxyl groups excluding tert-OH is 1. The summed E-state index contributed by atoms with van der Waals surface area (Å²) in [4.78, 5) is 22.3. The van der Waals surface area contributed by atoms with E-state index in [0.717, 1.165) is 0 Å². The van der Waals surface area contributed by atoms with E-state index in [1.807, 2.05) is 0 Å². The Balaban J connectivity index is 3.35. The summed E-state index contributed by atoms with van der Waals surface area (Å²) in [5.74, 6) is -1.56. The van der Waals surface area contributed by atoms with Crippen LogP contribution in [0.4, 0.5) is 0 Å². The van der Waals surface area contributed by atoms with E-state index in [2.05, 4.69) is 15.9 Å². The van der Waals surface area contributed by atoms with Crippen molar-refractivity contribution in [2.75, 3.05) is 7.11 Å². The van der Waals surface area contributed by atoms with Gasteiger partial charge in [-0.15, -0.1) is 0 Å². The molecule has 1 aromatic rings. The van der Waals surface area contributed by atoms with Gasteiger partial charge in [0.2, 0.25) is 0 Å². The van der Waals surface area contributed by atoms with Crippen molar-refractivity contribution in [3.8, 4) is 5.75 Å². The smallest absolute Gasteiger partial charge is 0.337 e. The molecular formula is C12H13BrO5. The van der Waals surface area contributed by atoms with E-state index in [-0.39, 0.29) is 22.7 Å². The van der Waals surface area contributed by atoms with E-state index in [4.69, 9.17) is 9.84 Å². The first-order valence-corrected chi connectivity index (χ1v) is 6.07. The summed E-state index contributed by atoms with van der Waals surface area (Å²) in [5.41, 5.74) is 0.295. The second-order valence-electron chi connectivity index (χ2n) is 3.65. The van der Waals surface area contributed by atoms with Crippen molar-refractivity contribution in [3.63, 3.8) is 0 Å². The average Bonchev–Trinajstić information content (AvgIpc) is 2.35. The molecule has 0 aromatic heterocycles. The minimum absolute atomic E-state index is 0.0593. The summed E-state index contributed by atoms with van der Waals surface area (Å²) in [6.07, 6.45) is -1.72. The number of Topliss-reactive ketones (excluding diaryl/α,β-unsaturated/α-hetero) is 1. The van der Waals surface area contributed by atoms with Crippen molar-refractivity contribution in [3.05, 3.63) is 29.3 Å². The molecule has 2 atom stereocenters. The van der Waals surface area contributed by atoms with Crippen molar-refractivity contribution in [1.82, 2.24) is 0 Å². The zero-order valence-electron chi connectivity index (χ0n) is 9.88. The average molecular weight is 317 g/mol. The van der Waals surface area contributed by atoms with E-state index in [1.54, 1.807) is 6.92 Å². The summed E-state index contributed by atoms with van der Waals surface area (Å²) >= 11 is 3.15. The zero-order valence-corrected chi connectivity index (χ0v) is 11.5. The fourth-order valence-corrected chi connectivity index (χ4v) is 1.79. The number of carboxylic acids is 1. The van der Waals surface area contributed by atoms with Crippen LogP contribution in [0.3, 0.4) is 0 Å². The predicted octanol–water partition coefficient (Wildman–Crippen LogP) is 1.78. The van der Waals surface area contributed by atoms with Gasteiger partial charge in [0.15, 0.2) is 11.9 Å². The number of hydrogen-bond donors (Lipinski definition) is 2. The van der Waals surface area contributed by atoms with Crippen molar-refractivity contribution >= 4 is 27.7 Å². The standard InChI is InChI=1S/C12H13BrO5/c1-6(13)9(14)7-4-3-5-8(11(7)18-2)10(15)12(16)17/h3-6,10,15H,1-2H3,(H,16,17). The van der Waals surface area contributed by atoms with Gasteiger partial charge < -0.3 is 14.9 Å². The highest BCUT2D eigenvalue weighted by atomic mass is 79.9. The van der Waals surface area contributed by atoms with Crippen LogP contribution >= 0.6 is 15.9 Å². The molecule has 0 aliphatic rings. The third-order valence-corrected chi connectivity index (χ3v) is 2.82. The third kappa shape index (κ3) is 2.88. The van der Waals surface area contributed by atoms with Crippen molar-refractivity contribution in [1.29, 1.82) is 0 Å². The number of hydrogen-bond acceptors (Lipinski definition) is 4. The molecule has 1 rings (SSSR count). The van der Waals surface area contributed by atoms with Gasteiger partial charge in [-0.05, 0) is 13.0 Å². The lowest BCUT2D eigenvalue weighted by Crippen LogP contribution is -2.16. The number of rotatable bonds is 5. The van der Waals surface area contributed by atoms with Gasteiger partial charge in [-0.1, -0.05) is 28.1 Å². The quantitative estimate of drug-likeness (QED) is 0.639. The molecule has 0 heterocycles. The van der Waals surface area contributed by atoms with Gasteiger partial charge in [-0.3, -0.25) is 4.79 Å². The van der Waals surface area contributed by atoms with E-state index < -0.39 is 16.9 Å². The number of alkyl halides is 1. The van der Waals surface area contributed by atoms with Gasteiger partial charge in [0, 0.05) is 5.56 Å². The highest BCUT2D eigenvalue weighted by molar-refractivity contribution is 9.10. The van der Waals surface area contributed by atoms with E-state index in [1.165, 1.54) is 25.3 Å². The Morgan fingerprint density at radius 3 is 2.44 bits per heavy atom. The topological polar surface area (TPSA) is 83.8 Å². The minimum atomic E-state index is -1.72. The summed E-state index contributed by atoms with van der Waals surface area (Å²) in [5, 5.41) is 18.3. The molecule has 6 heteroatoms. The monoisotopic (exact) mass is 316 g/mol. The minimum Gasteiger partial charge on any atom is -0.496 e. The molecule has 0 radical (unpaired) electrons. The Labute approximate surface area is 113 Å². The highest BCUT2D eigenvalue weighted by Crippen LogP contribution is 2.30. The van der Waals surface area contributed by atoms with Gasteiger partial charge in [-0.25, -0.2) is 4.79 Å². The van der Waals surface area contributed by atoms with Crippen LogP contribution in [0.5, 0.6) is 5.75 Å². The molecule has 5 nitrogen and oxygen atoms in total. The number of carboxylic acid groups (broad SMARTS) is 1.